The van der Waals surface area contributed by atoms with Crippen molar-refractivity contribution in [1.29, 1.82) is 0 Å². The lowest BCUT2D eigenvalue weighted by molar-refractivity contribution is 0.415. The van der Waals surface area contributed by atoms with Gasteiger partial charge >= 0.3 is 0 Å². The molecule has 0 saturated carbocycles. The minimum Gasteiger partial charge on any atom is -0.309 e. The molecule has 1 N–H and O–H groups in total. The Morgan fingerprint density at radius 3 is 3.08 bits per heavy atom. The molecule has 0 aromatic carbocycles. The van der Waals surface area contributed by atoms with Crippen LogP contribution in [-0.4, -0.2) is 11.5 Å². The third-order valence-electron chi connectivity index (χ3n) is 2.41. The summed E-state index contributed by atoms with van der Waals surface area (Å²) in [6, 6.07) is 0.589. The molecule has 0 amide bonds. The molecule has 12 heavy (non-hydrogen) atoms. The Labute approximate surface area is 77.0 Å². The summed E-state index contributed by atoms with van der Waals surface area (Å²) in [6.45, 7) is 3.27. The first-order valence-electron chi connectivity index (χ1n) is 4.51. The lowest BCUT2D eigenvalue weighted by Gasteiger charge is -2.22. The molecule has 0 bridgehead atoms. The average molecular weight is 182 g/mol. The van der Waals surface area contributed by atoms with E-state index in [1.54, 1.807) is 11.3 Å². The van der Waals surface area contributed by atoms with E-state index >= 15 is 0 Å². The lowest BCUT2D eigenvalue weighted by atomic mass is 10.0. The van der Waals surface area contributed by atoms with Crippen LogP contribution in [0.5, 0.6) is 0 Å². The highest BCUT2D eigenvalue weighted by Gasteiger charge is 2.17. The number of aryl methyl sites for hydroxylation is 1. The highest BCUT2D eigenvalue weighted by Crippen LogP contribution is 2.27. The molecule has 0 spiro atoms. The minimum atomic E-state index is 0.589. The van der Waals surface area contributed by atoms with Crippen molar-refractivity contribution in [2.45, 2.75) is 32.2 Å². The fourth-order valence-electron chi connectivity index (χ4n) is 1.72. The maximum Gasteiger partial charge on any atom is 0.0798 e. The van der Waals surface area contributed by atoms with E-state index in [-0.39, 0.29) is 0 Å². The first-order valence-corrected chi connectivity index (χ1v) is 5.39. The second-order valence-electron chi connectivity index (χ2n) is 3.30. The van der Waals surface area contributed by atoms with Gasteiger partial charge in [0.1, 0.15) is 0 Å². The fourth-order valence-corrected chi connectivity index (χ4v) is 2.63. The smallest absolute Gasteiger partial charge is 0.0798 e. The second-order valence-corrected chi connectivity index (χ2v) is 4.19. The molecule has 1 atom stereocenters. The normalized spacial score (nSPS) is 24.2. The Hall–Kier alpha value is -0.410. The summed E-state index contributed by atoms with van der Waals surface area (Å²) >= 11 is 1.78. The van der Waals surface area contributed by atoms with E-state index in [2.05, 4.69) is 17.2 Å². The fraction of sp³-hybridized carbons (Fsp3) is 0.667. The summed E-state index contributed by atoms with van der Waals surface area (Å²) in [5.74, 6) is 0. The summed E-state index contributed by atoms with van der Waals surface area (Å²) in [7, 11) is 0. The standard InChI is InChI=1S/C9H14N2S/c1-7-9(12-6-11-7)8-4-2-3-5-10-8/h6,8,10H,2-5H2,1H3. The topological polar surface area (TPSA) is 24.9 Å². The molecule has 1 aromatic heterocycles. The summed E-state index contributed by atoms with van der Waals surface area (Å²) in [4.78, 5) is 5.71. The van der Waals surface area contributed by atoms with Crippen molar-refractivity contribution < 1.29 is 0 Å². The lowest BCUT2D eigenvalue weighted by Crippen LogP contribution is -2.26. The van der Waals surface area contributed by atoms with Gasteiger partial charge < -0.3 is 5.32 Å². The SMILES string of the molecule is Cc1ncsc1C1CCCCN1. The Kier molecular flexibility index (Phi) is 2.42. The molecule has 2 heterocycles. The molecule has 1 fully saturated rings. The number of nitrogens with one attached hydrogen (secondary N) is 1. The van der Waals surface area contributed by atoms with Gasteiger partial charge in [0.05, 0.1) is 11.2 Å². The minimum absolute atomic E-state index is 0.589. The Bertz CT molecular complexity index is 251. The van der Waals surface area contributed by atoms with Crippen LogP contribution in [0, 0.1) is 6.92 Å². The zero-order valence-electron chi connectivity index (χ0n) is 7.34. The van der Waals surface area contributed by atoms with Crippen LogP contribution in [0.25, 0.3) is 0 Å². The molecule has 1 aliphatic rings. The summed E-state index contributed by atoms with van der Waals surface area (Å²) in [5, 5.41) is 3.53. The largest absolute Gasteiger partial charge is 0.309 e. The molecule has 3 heteroatoms. The molecule has 66 valence electrons. The molecule has 0 aliphatic carbocycles. The predicted molar refractivity (Wildman–Crippen MR) is 51.4 cm³/mol. The van der Waals surface area contributed by atoms with Gasteiger partial charge in [0.2, 0.25) is 0 Å². The molecule has 2 rings (SSSR count). The third-order valence-corrected chi connectivity index (χ3v) is 3.45. The van der Waals surface area contributed by atoms with Crippen molar-refractivity contribution in [1.82, 2.24) is 10.3 Å². The number of piperidine rings is 1. The van der Waals surface area contributed by atoms with Gasteiger partial charge in [-0.25, -0.2) is 4.98 Å². The quantitative estimate of drug-likeness (QED) is 0.720. The predicted octanol–water partition coefficient (Wildman–Crippen LogP) is 2.27. The summed E-state index contributed by atoms with van der Waals surface area (Å²) < 4.78 is 0. The zero-order chi connectivity index (χ0) is 8.39. The number of hydrogen-bond acceptors (Lipinski definition) is 3. The molecular formula is C9H14N2S. The van der Waals surface area contributed by atoms with Crippen molar-refractivity contribution in [3.05, 3.63) is 16.1 Å². The van der Waals surface area contributed by atoms with E-state index in [4.69, 9.17) is 0 Å². The summed E-state index contributed by atoms with van der Waals surface area (Å²) in [5.41, 5.74) is 3.15. The maximum atomic E-state index is 4.27. The van der Waals surface area contributed by atoms with Crippen LogP contribution in [0.1, 0.15) is 35.9 Å². The van der Waals surface area contributed by atoms with Crippen molar-refractivity contribution in [2.24, 2.45) is 0 Å². The second kappa shape index (κ2) is 3.54. The van der Waals surface area contributed by atoms with E-state index in [0.29, 0.717) is 6.04 Å². The first kappa shape index (κ1) is 8.20. The van der Waals surface area contributed by atoms with Gasteiger partial charge in [0.25, 0.3) is 0 Å². The highest BCUT2D eigenvalue weighted by molar-refractivity contribution is 7.09. The van der Waals surface area contributed by atoms with E-state index in [1.165, 1.54) is 36.4 Å². The molecule has 1 aliphatic heterocycles. The van der Waals surface area contributed by atoms with E-state index < -0.39 is 0 Å². The Morgan fingerprint density at radius 2 is 2.50 bits per heavy atom. The first-order chi connectivity index (χ1) is 5.88. The number of hydrogen-bond donors (Lipinski definition) is 1. The van der Waals surface area contributed by atoms with Gasteiger partial charge in [-0.1, -0.05) is 6.42 Å². The highest BCUT2D eigenvalue weighted by atomic mass is 32.1. The molecule has 1 aromatic rings. The van der Waals surface area contributed by atoms with Crippen LogP contribution in [0.15, 0.2) is 5.51 Å². The van der Waals surface area contributed by atoms with Gasteiger partial charge in [-0.3, -0.25) is 0 Å². The van der Waals surface area contributed by atoms with Gasteiger partial charge in [0.15, 0.2) is 0 Å². The third kappa shape index (κ3) is 1.52. The molecule has 2 nitrogen and oxygen atoms in total. The molecular weight excluding hydrogens is 168 g/mol. The molecule has 0 radical (unpaired) electrons. The van der Waals surface area contributed by atoms with Gasteiger partial charge in [-0.15, -0.1) is 11.3 Å². The van der Waals surface area contributed by atoms with Gasteiger partial charge in [-0.2, -0.15) is 0 Å². The molecule has 1 saturated heterocycles. The Balaban J connectivity index is 2.13. The van der Waals surface area contributed by atoms with Crippen molar-refractivity contribution >= 4 is 11.3 Å². The van der Waals surface area contributed by atoms with Crippen molar-refractivity contribution in [2.75, 3.05) is 6.54 Å². The zero-order valence-corrected chi connectivity index (χ0v) is 8.16. The van der Waals surface area contributed by atoms with Crippen LogP contribution in [0.2, 0.25) is 0 Å². The van der Waals surface area contributed by atoms with Crippen LogP contribution in [0.4, 0.5) is 0 Å². The average Bonchev–Trinajstić information content (AvgIpc) is 2.53. The van der Waals surface area contributed by atoms with E-state index in [1.807, 2.05) is 5.51 Å². The molecule has 1 unspecified atom stereocenters. The number of thiazole rings is 1. The monoisotopic (exact) mass is 182 g/mol. The van der Waals surface area contributed by atoms with Crippen LogP contribution in [-0.2, 0) is 0 Å². The summed E-state index contributed by atoms with van der Waals surface area (Å²) in [6.07, 6.45) is 3.96. The van der Waals surface area contributed by atoms with Gasteiger partial charge in [0, 0.05) is 10.9 Å². The van der Waals surface area contributed by atoms with E-state index in [9.17, 15) is 0 Å². The van der Waals surface area contributed by atoms with Crippen LogP contribution >= 0.6 is 11.3 Å². The van der Waals surface area contributed by atoms with Crippen molar-refractivity contribution in [3.8, 4) is 0 Å². The van der Waals surface area contributed by atoms with Gasteiger partial charge in [-0.05, 0) is 26.3 Å². The number of rotatable bonds is 1. The number of nitrogens with zero attached hydrogens (tertiary/aromatic N) is 1. The van der Waals surface area contributed by atoms with Crippen LogP contribution < -0.4 is 5.32 Å². The van der Waals surface area contributed by atoms with Crippen LogP contribution in [0.3, 0.4) is 0 Å². The van der Waals surface area contributed by atoms with Crippen molar-refractivity contribution in [3.63, 3.8) is 0 Å². The maximum absolute atomic E-state index is 4.27. The Morgan fingerprint density at radius 1 is 1.58 bits per heavy atom. The number of aromatic nitrogens is 1. The van der Waals surface area contributed by atoms with E-state index in [0.717, 1.165) is 0 Å².